The molecule has 0 saturated carbocycles. The van der Waals surface area contributed by atoms with Crippen molar-refractivity contribution in [3.05, 3.63) is 11.1 Å². The zero-order valence-corrected chi connectivity index (χ0v) is 13.5. The van der Waals surface area contributed by atoms with Crippen LogP contribution in [0.4, 0.5) is 0 Å². The first kappa shape index (κ1) is 14.5. The van der Waals surface area contributed by atoms with Crippen molar-refractivity contribution in [3.63, 3.8) is 0 Å². The third-order valence-corrected chi connectivity index (χ3v) is 13.4. The molecule has 0 spiro atoms. The van der Waals surface area contributed by atoms with Crippen molar-refractivity contribution in [1.82, 2.24) is 0 Å². The average Bonchev–Trinajstić information content (AvgIpc) is 2.11. The average molecular weight is 247 g/mol. The SMILES string of the molecule is CC[Si](CC)(CC)S/C=C/[Si](C)(C)C. The van der Waals surface area contributed by atoms with Gasteiger partial charge in [0, 0.05) is 0 Å². The summed E-state index contributed by atoms with van der Waals surface area (Å²) in [6, 6.07) is 4.25. The first-order valence-corrected chi connectivity index (χ1v) is 13.5. The second-order valence-corrected chi connectivity index (χ2v) is 18.4. The minimum Gasteiger partial charge on any atom is -0.159 e. The Kier molecular flexibility index (Phi) is 6.41. The van der Waals surface area contributed by atoms with Crippen molar-refractivity contribution >= 4 is 26.5 Å². The van der Waals surface area contributed by atoms with Crippen molar-refractivity contribution < 1.29 is 0 Å². The van der Waals surface area contributed by atoms with E-state index in [1.54, 1.807) is 0 Å². The van der Waals surface area contributed by atoms with Gasteiger partial charge in [0.2, 0.25) is 0 Å². The second-order valence-electron chi connectivity index (χ2n) is 5.03. The molecule has 0 rings (SSSR count). The van der Waals surface area contributed by atoms with Crippen molar-refractivity contribution in [2.45, 2.75) is 58.5 Å². The number of rotatable bonds is 6. The Bertz CT molecular complexity index is 170. The fourth-order valence-electron chi connectivity index (χ4n) is 1.38. The van der Waals surface area contributed by atoms with E-state index in [1.165, 1.54) is 18.1 Å². The van der Waals surface area contributed by atoms with Gasteiger partial charge in [-0.2, -0.15) is 11.2 Å². The second kappa shape index (κ2) is 6.18. The third kappa shape index (κ3) is 5.42. The van der Waals surface area contributed by atoms with Gasteiger partial charge in [0.15, 0.2) is 0 Å². The Hall–Kier alpha value is 0.524. The highest BCUT2D eigenvalue weighted by Gasteiger charge is 2.26. The molecular weight excluding hydrogens is 220 g/mol. The minimum absolute atomic E-state index is 0.965. The summed E-state index contributed by atoms with van der Waals surface area (Å²) in [6.07, 6.45) is 0. The molecule has 0 nitrogen and oxygen atoms in total. The lowest BCUT2D eigenvalue weighted by Gasteiger charge is -2.25. The molecule has 14 heavy (non-hydrogen) atoms. The Morgan fingerprint density at radius 1 is 0.929 bits per heavy atom. The monoisotopic (exact) mass is 246 g/mol. The van der Waals surface area contributed by atoms with Crippen LogP contribution in [0.3, 0.4) is 0 Å². The van der Waals surface area contributed by atoms with Crippen LogP contribution in [-0.4, -0.2) is 15.3 Å². The van der Waals surface area contributed by atoms with E-state index < -0.39 is 15.3 Å². The molecule has 0 heterocycles. The molecule has 0 aliphatic rings. The van der Waals surface area contributed by atoms with Gasteiger partial charge in [-0.15, -0.1) is 0 Å². The van der Waals surface area contributed by atoms with E-state index >= 15 is 0 Å². The summed E-state index contributed by atoms with van der Waals surface area (Å²) < 4.78 is 0. The lowest BCUT2D eigenvalue weighted by molar-refractivity contribution is 1.22. The van der Waals surface area contributed by atoms with Gasteiger partial charge in [-0.3, -0.25) is 0 Å². The number of hydrogen-bond acceptors (Lipinski definition) is 1. The highest BCUT2D eigenvalue weighted by molar-refractivity contribution is 8.31. The molecule has 0 unspecified atom stereocenters. The Labute approximate surface area is 96.2 Å². The molecule has 0 aromatic heterocycles. The molecule has 0 aromatic carbocycles. The molecule has 0 radical (unpaired) electrons. The van der Waals surface area contributed by atoms with Crippen LogP contribution in [0, 0.1) is 0 Å². The highest BCUT2D eigenvalue weighted by Crippen LogP contribution is 2.33. The van der Waals surface area contributed by atoms with Crippen LogP contribution in [-0.2, 0) is 0 Å². The standard InChI is InChI=1S/C11H26SSi2/c1-7-14(8-2,9-3)12-10-11-13(4,5)6/h10-11H,7-9H2,1-6H3/b11-10+. The maximum absolute atomic E-state index is 2.49. The van der Waals surface area contributed by atoms with Gasteiger partial charge in [0.25, 0.3) is 0 Å². The fourth-order valence-corrected chi connectivity index (χ4v) is 8.55. The highest BCUT2D eigenvalue weighted by atomic mass is 32.4. The van der Waals surface area contributed by atoms with Crippen molar-refractivity contribution in [2.24, 2.45) is 0 Å². The molecule has 0 N–H and O–H groups in total. The van der Waals surface area contributed by atoms with Crippen LogP contribution in [0.15, 0.2) is 11.1 Å². The molecule has 0 aliphatic carbocycles. The molecule has 3 heteroatoms. The molecule has 0 amide bonds. The van der Waals surface area contributed by atoms with Crippen LogP contribution in [0.25, 0.3) is 0 Å². The van der Waals surface area contributed by atoms with Crippen molar-refractivity contribution in [1.29, 1.82) is 0 Å². The van der Waals surface area contributed by atoms with Gasteiger partial charge in [-0.05, 0) is 5.41 Å². The molecule has 0 fully saturated rings. The lowest BCUT2D eigenvalue weighted by Crippen LogP contribution is -2.26. The zero-order valence-electron chi connectivity index (χ0n) is 10.7. The van der Waals surface area contributed by atoms with E-state index in [2.05, 4.69) is 62.7 Å². The fraction of sp³-hybridized carbons (Fsp3) is 0.818. The number of hydrogen-bond donors (Lipinski definition) is 0. The molecule has 0 aliphatic heterocycles. The predicted octanol–water partition coefficient (Wildman–Crippen LogP) is 5.12. The normalized spacial score (nSPS) is 13.9. The Morgan fingerprint density at radius 3 is 1.64 bits per heavy atom. The maximum atomic E-state index is 2.49. The van der Waals surface area contributed by atoms with Gasteiger partial charge >= 0.3 is 0 Å². The van der Waals surface area contributed by atoms with Gasteiger partial charge < -0.3 is 0 Å². The van der Waals surface area contributed by atoms with Crippen LogP contribution < -0.4 is 0 Å². The van der Waals surface area contributed by atoms with E-state index in [4.69, 9.17) is 0 Å². The van der Waals surface area contributed by atoms with Gasteiger partial charge in [0.05, 0.1) is 8.07 Å². The molecule has 0 bridgehead atoms. The summed E-state index contributed by atoms with van der Waals surface area (Å²) in [5.41, 5.74) is 2.49. The van der Waals surface area contributed by atoms with Crippen LogP contribution >= 0.6 is 11.2 Å². The molecule has 84 valence electrons. The summed E-state index contributed by atoms with van der Waals surface area (Å²) in [6.45, 7) is 14.3. The summed E-state index contributed by atoms with van der Waals surface area (Å²) in [5.74, 6) is 0. The smallest absolute Gasteiger partial charge is 0.122 e. The van der Waals surface area contributed by atoms with Crippen LogP contribution in [0.1, 0.15) is 20.8 Å². The molecule has 0 aromatic rings. The van der Waals surface area contributed by atoms with Gasteiger partial charge in [-0.25, -0.2) is 0 Å². The van der Waals surface area contributed by atoms with E-state index in [9.17, 15) is 0 Å². The topological polar surface area (TPSA) is 0 Å². The lowest BCUT2D eigenvalue weighted by atomic mass is 10.9. The first-order valence-electron chi connectivity index (χ1n) is 5.74. The van der Waals surface area contributed by atoms with Crippen molar-refractivity contribution in [3.8, 4) is 0 Å². The predicted molar refractivity (Wildman–Crippen MR) is 77.3 cm³/mol. The Balaban J connectivity index is 4.26. The largest absolute Gasteiger partial charge is 0.159 e. The summed E-state index contributed by atoms with van der Waals surface area (Å²) in [5, 5.41) is 2.43. The van der Waals surface area contributed by atoms with Crippen LogP contribution in [0.5, 0.6) is 0 Å². The summed E-state index contributed by atoms with van der Waals surface area (Å²) in [7, 11) is -1.94. The zero-order chi connectivity index (χ0) is 11.2. The van der Waals surface area contributed by atoms with E-state index in [0.29, 0.717) is 0 Å². The van der Waals surface area contributed by atoms with E-state index in [0.717, 1.165) is 0 Å². The molecule has 0 atom stereocenters. The first-order chi connectivity index (χ1) is 6.39. The minimum atomic E-state index is -0.974. The summed E-state index contributed by atoms with van der Waals surface area (Å²) >= 11 is 2.19. The van der Waals surface area contributed by atoms with E-state index in [-0.39, 0.29) is 0 Å². The Morgan fingerprint density at radius 2 is 1.36 bits per heavy atom. The summed E-state index contributed by atoms with van der Waals surface area (Å²) in [4.78, 5) is 0. The third-order valence-electron chi connectivity index (χ3n) is 2.82. The van der Waals surface area contributed by atoms with Crippen molar-refractivity contribution in [2.75, 3.05) is 0 Å². The molecule has 0 saturated heterocycles. The van der Waals surface area contributed by atoms with Gasteiger partial charge in [0.1, 0.15) is 7.22 Å². The quantitative estimate of drug-likeness (QED) is 0.587. The van der Waals surface area contributed by atoms with E-state index in [1.807, 2.05) is 0 Å². The van der Waals surface area contributed by atoms with Crippen LogP contribution in [0.2, 0.25) is 37.8 Å². The maximum Gasteiger partial charge on any atom is 0.122 e. The van der Waals surface area contributed by atoms with Gasteiger partial charge in [-0.1, -0.05) is 64.2 Å². The molecular formula is C11H26SSi2.